The lowest BCUT2D eigenvalue weighted by molar-refractivity contribution is 1.31. The molecule has 0 spiro atoms. The molecular formula is C10H4Cl4N2. The maximum absolute atomic E-state index is 6.01. The zero-order chi connectivity index (χ0) is 11.7. The van der Waals surface area contributed by atoms with E-state index in [1.165, 1.54) is 12.4 Å². The Morgan fingerprint density at radius 1 is 0.688 bits per heavy atom. The summed E-state index contributed by atoms with van der Waals surface area (Å²) in [4.78, 5) is 7.72. The molecule has 0 aromatic carbocycles. The minimum atomic E-state index is 0.336. The van der Waals surface area contributed by atoms with Crippen molar-refractivity contribution in [2.75, 3.05) is 0 Å². The van der Waals surface area contributed by atoms with Gasteiger partial charge in [-0.1, -0.05) is 46.4 Å². The number of hydrogen-bond donors (Lipinski definition) is 0. The summed E-state index contributed by atoms with van der Waals surface area (Å²) >= 11 is 23.6. The van der Waals surface area contributed by atoms with E-state index in [1.807, 2.05) is 0 Å². The Labute approximate surface area is 112 Å². The fourth-order valence-electron chi connectivity index (χ4n) is 1.24. The molecular weight excluding hydrogens is 290 g/mol. The zero-order valence-corrected chi connectivity index (χ0v) is 10.7. The molecule has 2 heterocycles. The van der Waals surface area contributed by atoms with Gasteiger partial charge in [0.2, 0.25) is 0 Å². The van der Waals surface area contributed by atoms with Gasteiger partial charge in [0.05, 0.1) is 10.0 Å². The highest BCUT2D eigenvalue weighted by molar-refractivity contribution is 6.37. The highest BCUT2D eigenvalue weighted by Crippen LogP contribution is 2.34. The van der Waals surface area contributed by atoms with E-state index in [-0.39, 0.29) is 0 Å². The third-order valence-electron chi connectivity index (χ3n) is 1.93. The molecule has 0 radical (unpaired) electrons. The Morgan fingerprint density at radius 2 is 1.06 bits per heavy atom. The number of aromatic nitrogens is 2. The third kappa shape index (κ3) is 2.41. The van der Waals surface area contributed by atoms with Gasteiger partial charge in [0, 0.05) is 23.5 Å². The number of pyridine rings is 2. The van der Waals surface area contributed by atoms with Crippen molar-refractivity contribution in [2.45, 2.75) is 0 Å². The van der Waals surface area contributed by atoms with Crippen molar-refractivity contribution < 1.29 is 0 Å². The van der Waals surface area contributed by atoms with Crippen molar-refractivity contribution in [3.05, 3.63) is 44.9 Å². The number of nitrogens with zero attached hydrogens (tertiary/aromatic N) is 2. The predicted octanol–water partition coefficient (Wildman–Crippen LogP) is 4.76. The second kappa shape index (κ2) is 4.76. The van der Waals surface area contributed by atoms with E-state index in [9.17, 15) is 0 Å². The van der Waals surface area contributed by atoms with E-state index in [2.05, 4.69) is 9.97 Å². The molecule has 0 saturated carbocycles. The highest BCUT2D eigenvalue weighted by Gasteiger charge is 2.10. The predicted molar refractivity (Wildman–Crippen MR) is 67.5 cm³/mol. The van der Waals surface area contributed by atoms with Crippen molar-refractivity contribution in [1.82, 2.24) is 9.97 Å². The molecule has 2 nitrogen and oxygen atoms in total. The third-order valence-corrected chi connectivity index (χ3v) is 2.95. The minimum Gasteiger partial charge on any atom is -0.243 e. The van der Waals surface area contributed by atoms with Crippen LogP contribution in [-0.2, 0) is 0 Å². The summed E-state index contributed by atoms with van der Waals surface area (Å²) in [6.07, 6.45) is 2.92. The van der Waals surface area contributed by atoms with E-state index < -0.39 is 0 Å². The Morgan fingerprint density at radius 3 is 1.44 bits per heavy atom. The first-order valence-corrected chi connectivity index (χ1v) is 5.71. The summed E-state index contributed by atoms with van der Waals surface area (Å²) in [5.41, 5.74) is 1.35. The molecule has 0 N–H and O–H groups in total. The van der Waals surface area contributed by atoms with Gasteiger partial charge in [-0.05, 0) is 12.1 Å². The SMILES string of the molecule is Clc1cc(-c2cc(Cl)ncc2Cl)c(Cl)cn1. The van der Waals surface area contributed by atoms with Gasteiger partial charge in [-0.15, -0.1) is 0 Å². The van der Waals surface area contributed by atoms with E-state index in [0.717, 1.165) is 0 Å². The monoisotopic (exact) mass is 292 g/mol. The van der Waals surface area contributed by atoms with E-state index in [1.54, 1.807) is 12.1 Å². The highest BCUT2D eigenvalue weighted by atomic mass is 35.5. The smallest absolute Gasteiger partial charge is 0.129 e. The molecule has 0 atom stereocenters. The standard InChI is InChI=1S/C10H4Cl4N2/c11-7-3-15-9(13)1-5(7)6-2-10(14)16-4-8(6)12/h1-4H. The average Bonchev–Trinajstić information content (AvgIpc) is 2.25. The second-order valence-electron chi connectivity index (χ2n) is 2.97. The summed E-state index contributed by atoms with van der Waals surface area (Å²) in [5.74, 6) is 0. The molecule has 2 rings (SSSR count). The first-order chi connectivity index (χ1) is 7.58. The lowest BCUT2D eigenvalue weighted by Crippen LogP contribution is -1.86. The molecule has 2 aromatic rings. The summed E-state index contributed by atoms with van der Waals surface area (Å²) < 4.78 is 0. The quantitative estimate of drug-likeness (QED) is 0.709. The molecule has 0 amide bonds. The van der Waals surface area contributed by atoms with Gasteiger partial charge < -0.3 is 0 Å². The van der Waals surface area contributed by atoms with Crippen LogP contribution in [0.15, 0.2) is 24.5 Å². The van der Waals surface area contributed by atoms with Gasteiger partial charge in [0.1, 0.15) is 10.3 Å². The van der Waals surface area contributed by atoms with Gasteiger partial charge >= 0.3 is 0 Å². The molecule has 0 fully saturated rings. The van der Waals surface area contributed by atoms with Crippen LogP contribution < -0.4 is 0 Å². The van der Waals surface area contributed by atoms with Gasteiger partial charge in [0.15, 0.2) is 0 Å². The molecule has 6 heteroatoms. The molecule has 0 bridgehead atoms. The van der Waals surface area contributed by atoms with Crippen LogP contribution in [-0.4, -0.2) is 9.97 Å². The van der Waals surface area contributed by atoms with Gasteiger partial charge in [-0.2, -0.15) is 0 Å². The van der Waals surface area contributed by atoms with Crippen LogP contribution in [0.25, 0.3) is 11.1 Å². The van der Waals surface area contributed by atoms with E-state index >= 15 is 0 Å². The van der Waals surface area contributed by atoms with Crippen LogP contribution in [0.5, 0.6) is 0 Å². The molecule has 16 heavy (non-hydrogen) atoms. The van der Waals surface area contributed by atoms with Crippen molar-refractivity contribution in [2.24, 2.45) is 0 Å². The van der Waals surface area contributed by atoms with Crippen molar-refractivity contribution in [3.8, 4) is 11.1 Å². The fourth-order valence-corrected chi connectivity index (χ4v) is 1.97. The molecule has 0 saturated heterocycles. The second-order valence-corrected chi connectivity index (χ2v) is 4.56. The average molecular weight is 294 g/mol. The number of rotatable bonds is 1. The Kier molecular flexibility index (Phi) is 3.55. The van der Waals surface area contributed by atoms with Gasteiger partial charge in [-0.25, -0.2) is 9.97 Å². The summed E-state index contributed by atoms with van der Waals surface area (Å²) in [6, 6.07) is 3.25. The van der Waals surface area contributed by atoms with Crippen LogP contribution in [0.4, 0.5) is 0 Å². The number of hydrogen-bond acceptors (Lipinski definition) is 2. The van der Waals surface area contributed by atoms with Crippen LogP contribution in [0, 0.1) is 0 Å². The number of halogens is 4. The van der Waals surface area contributed by atoms with Crippen molar-refractivity contribution in [3.63, 3.8) is 0 Å². The Balaban J connectivity index is 2.66. The minimum absolute atomic E-state index is 0.336. The lowest BCUT2D eigenvalue weighted by Gasteiger charge is -2.06. The van der Waals surface area contributed by atoms with Gasteiger partial charge in [0.25, 0.3) is 0 Å². The summed E-state index contributed by atoms with van der Waals surface area (Å²) in [6.45, 7) is 0. The van der Waals surface area contributed by atoms with Crippen LogP contribution in [0.2, 0.25) is 20.4 Å². The molecule has 82 valence electrons. The topological polar surface area (TPSA) is 25.8 Å². The summed E-state index contributed by atoms with van der Waals surface area (Å²) in [7, 11) is 0. The molecule has 0 aliphatic carbocycles. The zero-order valence-electron chi connectivity index (χ0n) is 7.72. The van der Waals surface area contributed by atoms with Crippen molar-refractivity contribution in [1.29, 1.82) is 0 Å². The molecule has 0 unspecified atom stereocenters. The summed E-state index contributed by atoms with van der Waals surface area (Å²) in [5, 5.41) is 1.58. The fraction of sp³-hybridized carbons (Fsp3) is 0. The maximum Gasteiger partial charge on any atom is 0.129 e. The molecule has 0 aliphatic rings. The first kappa shape index (κ1) is 11.9. The van der Waals surface area contributed by atoms with Crippen LogP contribution in [0.3, 0.4) is 0 Å². The Bertz CT molecular complexity index is 493. The lowest BCUT2D eigenvalue weighted by atomic mass is 10.1. The van der Waals surface area contributed by atoms with E-state index in [0.29, 0.717) is 31.5 Å². The largest absolute Gasteiger partial charge is 0.243 e. The normalized spacial score (nSPS) is 10.5. The van der Waals surface area contributed by atoms with Gasteiger partial charge in [-0.3, -0.25) is 0 Å². The first-order valence-electron chi connectivity index (χ1n) is 4.20. The van der Waals surface area contributed by atoms with E-state index in [4.69, 9.17) is 46.4 Å². The van der Waals surface area contributed by atoms with Crippen LogP contribution in [0.1, 0.15) is 0 Å². The van der Waals surface area contributed by atoms with Crippen LogP contribution >= 0.6 is 46.4 Å². The Hall–Kier alpha value is -0.540. The molecule has 2 aromatic heterocycles. The molecule has 0 aliphatic heterocycles. The maximum atomic E-state index is 6.01. The van der Waals surface area contributed by atoms with Crippen molar-refractivity contribution >= 4 is 46.4 Å².